The van der Waals surface area contributed by atoms with E-state index in [-0.39, 0.29) is 81.8 Å². The van der Waals surface area contributed by atoms with Gasteiger partial charge in [0.25, 0.3) is 11.8 Å². The monoisotopic (exact) mass is 933 g/mol. The first-order valence-electron chi connectivity index (χ1n) is 20.5. The molecule has 0 saturated carbocycles. The number of hydrogen-bond donors (Lipinski definition) is 8. The molecule has 2 aromatic rings. The van der Waals surface area contributed by atoms with Crippen molar-refractivity contribution in [2.75, 3.05) is 96.7 Å². The molecular formula is C41H55N7O16S. The number of carboxylic acids is 5. The molecule has 0 aliphatic carbocycles. The van der Waals surface area contributed by atoms with Gasteiger partial charge in [0, 0.05) is 55.8 Å². The van der Waals surface area contributed by atoms with Crippen LogP contribution in [-0.2, 0) is 49.6 Å². The molecule has 4 amide bonds. The van der Waals surface area contributed by atoms with Crippen LogP contribution < -0.4 is 21.6 Å². The number of nitrogens with zero attached hydrogens (tertiary/aromatic N) is 4. The number of amides is 4. The minimum absolute atomic E-state index is 0.0301. The van der Waals surface area contributed by atoms with Crippen LogP contribution >= 0.6 is 11.8 Å². The molecule has 1 atom stereocenters. The third kappa shape index (κ3) is 18.8. The number of carboxylic acid groups (broad SMARTS) is 5. The minimum Gasteiger partial charge on any atom is -0.481 e. The van der Waals surface area contributed by atoms with Gasteiger partial charge in [-0.3, -0.25) is 62.8 Å². The molecule has 8 N–H and O–H groups in total. The van der Waals surface area contributed by atoms with Crippen LogP contribution in [-0.4, -0.2) is 190 Å². The fourth-order valence-corrected chi connectivity index (χ4v) is 7.84. The van der Waals surface area contributed by atoms with E-state index in [2.05, 4.69) is 16.0 Å². The number of hydrogen-bond acceptors (Lipinski definition) is 16. The second-order valence-electron chi connectivity index (χ2n) is 15.2. The molecule has 3 rings (SSSR count). The van der Waals surface area contributed by atoms with E-state index in [1.165, 1.54) is 39.8 Å². The molecule has 2 heterocycles. The molecule has 1 aromatic carbocycles. The fourth-order valence-electron chi connectivity index (χ4n) is 6.91. The molecule has 0 spiro atoms. The normalized spacial score (nSPS) is 13.1. The van der Waals surface area contributed by atoms with Crippen LogP contribution in [0.4, 0.5) is 5.69 Å². The van der Waals surface area contributed by atoms with E-state index in [1.54, 1.807) is 13.0 Å². The highest BCUT2D eigenvalue weighted by molar-refractivity contribution is 8.04. The lowest BCUT2D eigenvalue weighted by Gasteiger charge is -2.27. The average Bonchev–Trinajstić information content (AvgIpc) is 3.47. The number of aryl methyl sites for hydroxylation is 1. The van der Waals surface area contributed by atoms with Crippen molar-refractivity contribution in [3.63, 3.8) is 0 Å². The summed E-state index contributed by atoms with van der Waals surface area (Å²) in [5.41, 5.74) is -0.0396. The van der Waals surface area contributed by atoms with Gasteiger partial charge >= 0.3 is 35.5 Å². The predicted octanol–water partition coefficient (Wildman–Crippen LogP) is -0.590. The second-order valence-corrected chi connectivity index (χ2v) is 16.3. The van der Waals surface area contributed by atoms with Gasteiger partial charge in [-0.05, 0) is 82.2 Å². The maximum absolute atomic E-state index is 13.2. The first kappa shape index (κ1) is 53.1. The summed E-state index contributed by atoms with van der Waals surface area (Å²) in [4.78, 5) is 127. The Bertz CT molecular complexity index is 2160. The summed E-state index contributed by atoms with van der Waals surface area (Å²) in [6.45, 7) is -0.639. The van der Waals surface area contributed by atoms with Gasteiger partial charge in [-0.15, -0.1) is 11.8 Å². The molecule has 0 fully saturated rings. The first-order valence-corrected chi connectivity index (χ1v) is 21.5. The van der Waals surface area contributed by atoms with Gasteiger partial charge in [0.05, 0.1) is 49.6 Å². The molecule has 0 bridgehead atoms. The van der Waals surface area contributed by atoms with Crippen LogP contribution in [0.2, 0.25) is 0 Å². The number of carbonyl (C=O) groups is 9. The third-order valence-corrected chi connectivity index (χ3v) is 11.2. The summed E-state index contributed by atoms with van der Waals surface area (Å²) in [6.07, 6.45) is 1.59. The molecule has 24 heteroatoms. The summed E-state index contributed by atoms with van der Waals surface area (Å²) in [5.74, 6) is -8.28. The Hall–Kier alpha value is -6.21. The van der Waals surface area contributed by atoms with Crippen LogP contribution in [0.3, 0.4) is 0 Å². The number of fused-ring (bicyclic) bond motifs is 1. The predicted molar refractivity (Wildman–Crippen MR) is 233 cm³/mol. The zero-order valence-corrected chi connectivity index (χ0v) is 36.9. The van der Waals surface area contributed by atoms with Crippen LogP contribution in [0.1, 0.15) is 36.8 Å². The average molecular weight is 934 g/mol. The Morgan fingerprint density at radius 1 is 0.754 bits per heavy atom. The van der Waals surface area contributed by atoms with Crippen molar-refractivity contribution in [3.8, 4) is 0 Å². The highest BCUT2D eigenvalue weighted by atomic mass is 32.2. The SMILES string of the molecule is CNCCCSC1=CC(=O)N(CCNC(=O)Cc2c(C)c3ccc(NC(=O)CN(CCN(CCC(CCN(CC(=O)O)CC(=O)O)CC(=O)O)CC(=O)O)CC(=O)O)cc3oc2=O)C1=O. The van der Waals surface area contributed by atoms with Crippen molar-refractivity contribution in [1.29, 1.82) is 0 Å². The largest absolute Gasteiger partial charge is 0.481 e. The molecule has 65 heavy (non-hydrogen) atoms. The Labute approximate surface area is 376 Å². The number of carbonyl (C=O) groups excluding carboxylic acids is 4. The number of nitrogens with one attached hydrogen (secondary N) is 3. The molecule has 1 aliphatic rings. The van der Waals surface area contributed by atoms with Gasteiger partial charge in [-0.2, -0.15) is 0 Å². The number of imide groups is 1. The summed E-state index contributed by atoms with van der Waals surface area (Å²) in [7, 11) is 1.82. The van der Waals surface area contributed by atoms with Gasteiger partial charge in [0.15, 0.2) is 0 Å². The van der Waals surface area contributed by atoms with E-state index in [0.717, 1.165) is 22.8 Å². The standard InChI is InChI=1S/C41H55N7O16S/c1-25-28-5-4-27(17-30(28)64-41(63)29(25)18-32(49)43-9-12-48-34(51)19-31(40(48)62)65-15-3-8-42-2)44-33(50)20-47(24-39(60)61)14-13-45(21-36(54)55)10-6-26(16-35(52)53)7-11-46(22-37(56)57)23-38(58)59/h4-5,17,19,26,42H,3,6-16,18,20-24H2,1-2H3,(H,43,49)(H,44,50)(H,52,53)(H,54,55)(H,56,57)(H,58,59)(H,60,61). The summed E-state index contributed by atoms with van der Waals surface area (Å²) >= 11 is 1.29. The van der Waals surface area contributed by atoms with E-state index in [1.807, 2.05) is 7.05 Å². The molecule has 1 aromatic heterocycles. The van der Waals surface area contributed by atoms with E-state index in [0.29, 0.717) is 21.6 Å². The third-order valence-electron chi connectivity index (χ3n) is 10.1. The maximum atomic E-state index is 13.2. The van der Waals surface area contributed by atoms with E-state index < -0.39 is 97.7 Å². The summed E-state index contributed by atoms with van der Waals surface area (Å²) in [5, 5.41) is 55.5. The molecule has 356 valence electrons. The smallest absolute Gasteiger partial charge is 0.340 e. The Morgan fingerprint density at radius 2 is 1.34 bits per heavy atom. The van der Waals surface area contributed by atoms with Gasteiger partial charge < -0.3 is 45.9 Å². The quantitative estimate of drug-likeness (QED) is 0.0258. The second kappa shape index (κ2) is 26.5. The van der Waals surface area contributed by atoms with Crippen LogP contribution in [0, 0.1) is 12.8 Å². The van der Waals surface area contributed by atoms with E-state index in [4.69, 9.17) is 14.6 Å². The van der Waals surface area contributed by atoms with Crippen molar-refractivity contribution >= 4 is 81.9 Å². The van der Waals surface area contributed by atoms with Crippen LogP contribution in [0.25, 0.3) is 11.0 Å². The zero-order valence-electron chi connectivity index (χ0n) is 36.0. The van der Waals surface area contributed by atoms with Crippen molar-refractivity contribution in [2.45, 2.75) is 39.0 Å². The maximum Gasteiger partial charge on any atom is 0.340 e. The lowest BCUT2D eigenvalue weighted by atomic mass is 9.96. The zero-order chi connectivity index (χ0) is 48.2. The summed E-state index contributed by atoms with van der Waals surface area (Å²) in [6, 6.07) is 4.45. The highest BCUT2D eigenvalue weighted by Crippen LogP contribution is 2.25. The lowest BCUT2D eigenvalue weighted by Crippen LogP contribution is -2.43. The highest BCUT2D eigenvalue weighted by Gasteiger charge is 2.31. The van der Waals surface area contributed by atoms with Crippen LogP contribution in [0.5, 0.6) is 0 Å². The topological polar surface area (TPSA) is 334 Å². The molecule has 23 nitrogen and oxygen atoms in total. The number of rotatable bonds is 32. The number of anilines is 1. The molecule has 0 radical (unpaired) electrons. The molecule has 1 aliphatic heterocycles. The van der Waals surface area contributed by atoms with Crippen molar-refractivity contribution in [3.05, 3.63) is 50.7 Å². The molecule has 0 saturated heterocycles. The van der Waals surface area contributed by atoms with Crippen molar-refractivity contribution in [2.24, 2.45) is 5.92 Å². The summed E-state index contributed by atoms with van der Waals surface area (Å²) < 4.78 is 5.50. The Balaban J connectivity index is 1.60. The first-order chi connectivity index (χ1) is 30.8. The van der Waals surface area contributed by atoms with Crippen molar-refractivity contribution in [1.82, 2.24) is 30.2 Å². The Kier molecular flexibility index (Phi) is 21.7. The fraction of sp³-hybridized carbons (Fsp3) is 0.512. The van der Waals surface area contributed by atoms with E-state index in [9.17, 15) is 63.3 Å². The molecule has 1 unspecified atom stereocenters. The number of benzene rings is 1. The van der Waals surface area contributed by atoms with Gasteiger partial charge in [-0.25, -0.2) is 4.79 Å². The number of thioether (sulfide) groups is 1. The number of aliphatic carboxylic acids is 5. The minimum atomic E-state index is -1.28. The van der Waals surface area contributed by atoms with Crippen LogP contribution in [0.15, 0.2) is 38.4 Å². The van der Waals surface area contributed by atoms with Crippen molar-refractivity contribution < 1.29 is 73.1 Å². The van der Waals surface area contributed by atoms with Gasteiger partial charge in [0.1, 0.15) is 5.58 Å². The molecular weight excluding hydrogens is 879 g/mol. The Morgan fingerprint density at radius 3 is 1.94 bits per heavy atom. The van der Waals surface area contributed by atoms with Gasteiger partial charge in [-0.1, -0.05) is 0 Å². The lowest BCUT2D eigenvalue weighted by molar-refractivity contribution is -0.143. The van der Waals surface area contributed by atoms with Gasteiger partial charge in [0.2, 0.25) is 11.8 Å². The van der Waals surface area contributed by atoms with E-state index >= 15 is 0 Å².